The van der Waals surface area contributed by atoms with Crippen LogP contribution in [0.2, 0.25) is 0 Å². The number of benzene rings is 1. The number of anilines is 2. The molecule has 1 aliphatic heterocycles. The molecule has 2 N–H and O–H groups in total. The lowest BCUT2D eigenvalue weighted by Crippen LogP contribution is -2.24. The monoisotopic (exact) mass is 478 g/mol. The molecule has 1 atom stereocenters. The maximum Gasteiger partial charge on any atom is 0.356 e. The van der Waals surface area contributed by atoms with Gasteiger partial charge < -0.3 is 24.7 Å². The zero-order valence-electron chi connectivity index (χ0n) is 20.7. The van der Waals surface area contributed by atoms with Gasteiger partial charge in [-0.05, 0) is 37.3 Å². The molecule has 0 saturated carbocycles. The Bertz CT molecular complexity index is 1160. The SMILES string of the molecule is CCC(CC)Nc1cnc2c(c1)c(NC(=O)[C@H]1CCOC1)c(C(=O)OC)n2CCc1ccccc1. The van der Waals surface area contributed by atoms with Crippen molar-refractivity contribution >= 4 is 34.3 Å². The van der Waals surface area contributed by atoms with Crippen LogP contribution in [0.4, 0.5) is 11.4 Å². The van der Waals surface area contributed by atoms with Gasteiger partial charge in [-0.1, -0.05) is 44.2 Å². The van der Waals surface area contributed by atoms with Crippen molar-refractivity contribution in [1.29, 1.82) is 0 Å². The van der Waals surface area contributed by atoms with Crippen LogP contribution >= 0.6 is 0 Å². The summed E-state index contributed by atoms with van der Waals surface area (Å²) in [6.45, 7) is 5.73. The van der Waals surface area contributed by atoms with E-state index in [1.165, 1.54) is 7.11 Å². The minimum Gasteiger partial charge on any atom is -0.464 e. The summed E-state index contributed by atoms with van der Waals surface area (Å²) in [4.78, 5) is 30.8. The average Bonchev–Trinajstić information content (AvgIpc) is 3.53. The van der Waals surface area contributed by atoms with E-state index in [9.17, 15) is 9.59 Å². The molecule has 0 bridgehead atoms. The first-order valence-electron chi connectivity index (χ1n) is 12.3. The third kappa shape index (κ3) is 5.48. The molecule has 1 saturated heterocycles. The molecule has 2 aromatic heterocycles. The fourth-order valence-electron chi connectivity index (χ4n) is 4.54. The third-order valence-electron chi connectivity index (χ3n) is 6.65. The summed E-state index contributed by atoms with van der Waals surface area (Å²) >= 11 is 0. The van der Waals surface area contributed by atoms with Gasteiger partial charge in [0.15, 0.2) is 5.69 Å². The molecule has 0 spiro atoms. The number of methoxy groups -OCH3 is 1. The zero-order chi connectivity index (χ0) is 24.8. The van der Waals surface area contributed by atoms with Crippen LogP contribution in [-0.2, 0) is 27.2 Å². The molecule has 0 radical (unpaired) electrons. The number of hydrogen-bond donors (Lipinski definition) is 2. The van der Waals surface area contributed by atoms with Crippen LogP contribution in [0.5, 0.6) is 0 Å². The summed E-state index contributed by atoms with van der Waals surface area (Å²) < 4.78 is 12.4. The van der Waals surface area contributed by atoms with Gasteiger partial charge in [0.2, 0.25) is 5.91 Å². The fraction of sp³-hybridized carbons (Fsp3) is 0.444. The van der Waals surface area contributed by atoms with Crippen molar-refractivity contribution in [2.75, 3.05) is 31.0 Å². The first-order chi connectivity index (χ1) is 17.0. The topological polar surface area (TPSA) is 94.5 Å². The number of rotatable bonds is 10. The van der Waals surface area contributed by atoms with Crippen molar-refractivity contribution < 1.29 is 19.1 Å². The Balaban J connectivity index is 1.79. The maximum absolute atomic E-state index is 13.1. The second-order valence-electron chi connectivity index (χ2n) is 8.91. The first kappa shape index (κ1) is 24.7. The highest BCUT2D eigenvalue weighted by atomic mass is 16.5. The van der Waals surface area contributed by atoms with Gasteiger partial charge in [0.25, 0.3) is 0 Å². The van der Waals surface area contributed by atoms with Crippen molar-refractivity contribution in [3.63, 3.8) is 0 Å². The highest BCUT2D eigenvalue weighted by Gasteiger charge is 2.30. The molecular formula is C27H34N4O4. The number of carbonyl (C=O) groups is 2. The number of fused-ring (bicyclic) bond motifs is 1. The number of amides is 1. The van der Waals surface area contributed by atoms with Crippen LogP contribution in [0.3, 0.4) is 0 Å². The van der Waals surface area contributed by atoms with Gasteiger partial charge in [-0.15, -0.1) is 0 Å². The lowest BCUT2D eigenvalue weighted by atomic mass is 10.1. The molecule has 3 heterocycles. The standard InChI is InChI=1S/C27H34N4O4/c1-4-20(5-2)29-21-15-22-23(30-26(32)19-12-14-35-17-19)24(27(33)34-3)31(25(22)28-16-21)13-11-18-9-7-6-8-10-18/h6-10,15-16,19-20,29H,4-5,11-14,17H2,1-3H3,(H,30,32)/t19-/m0/s1. The highest BCUT2D eigenvalue weighted by Crippen LogP contribution is 2.34. The molecule has 8 heteroatoms. The van der Waals surface area contributed by atoms with E-state index in [1.54, 1.807) is 6.20 Å². The Morgan fingerprint density at radius 2 is 2.00 bits per heavy atom. The fourth-order valence-corrected chi connectivity index (χ4v) is 4.54. The van der Waals surface area contributed by atoms with Gasteiger partial charge in [-0.2, -0.15) is 0 Å². The number of nitrogens with zero attached hydrogens (tertiary/aromatic N) is 2. The lowest BCUT2D eigenvalue weighted by Gasteiger charge is -2.16. The summed E-state index contributed by atoms with van der Waals surface area (Å²) in [5.41, 5.74) is 3.37. The second-order valence-corrected chi connectivity index (χ2v) is 8.91. The van der Waals surface area contributed by atoms with Crippen LogP contribution in [0, 0.1) is 5.92 Å². The zero-order valence-corrected chi connectivity index (χ0v) is 20.7. The van der Waals surface area contributed by atoms with E-state index in [0.717, 1.165) is 24.1 Å². The van der Waals surface area contributed by atoms with Crippen LogP contribution in [0.1, 0.15) is 49.2 Å². The van der Waals surface area contributed by atoms with Gasteiger partial charge in [0.1, 0.15) is 5.65 Å². The summed E-state index contributed by atoms with van der Waals surface area (Å²) in [6, 6.07) is 12.3. The molecule has 4 rings (SSSR count). The average molecular weight is 479 g/mol. The summed E-state index contributed by atoms with van der Waals surface area (Å²) in [7, 11) is 1.35. The van der Waals surface area contributed by atoms with Gasteiger partial charge in [0, 0.05) is 24.6 Å². The number of nitrogens with one attached hydrogen (secondary N) is 2. The molecular weight excluding hydrogens is 444 g/mol. The van der Waals surface area contributed by atoms with Gasteiger partial charge in [0.05, 0.1) is 37.2 Å². The molecule has 1 amide bonds. The van der Waals surface area contributed by atoms with E-state index in [4.69, 9.17) is 14.5 Å². The van der Waals surface area contributed by atoms with Crippen molar-refractivity contribution in [3.8, 4) is 0 Å². The summed E-state index contributed by atoms with van der Waals surface area (Å²) in [5, 5.41) is 7.25. The van der Waals surface area contributed by atoms with Gasteiger partial charge in [-0.3, -0.25) is 4.79 Å². The molecule has 186 valence electrons. The van der Waals surface area contributed by atoms with Crippen LogP contribution in [0.25, 0.3) is 11.0 Å². The molecule has 8 nitrogen and oxygen atoms in total. The number of ether oxygens (including phenoxy) is 2. The number of esters is 1. The van der Waals surface area contributed by atoms with E-state index in [0.29, 0.717) is 61.1 Å². The second kappa shape index (κ2) is 11.4. The Morgan fingerprint density at radius 3 is 2.66 bits per heavy atom. The summed E-state index contributed by atoms with van der Waals surface area (Å²) in [5.74, 6) is -0.918. The minimum absolute atomic E-state index is 0.159. The smallest absolute Gasteiger partial charge is 0.356 e. The number of pyridine rings is 1. The van der Waals surface area contributed by atoms with Crippen molar-refractivity contribution in [1.82, 2.24) is 9.55 Å². The van der Waals surface area contributed by atoms with E-state index in [-0.39, 0.29) is 11.8 Å². The third-order valence-corrected chi connectivity index (χ3v) is 6.65. The molecule has 35 heavy (non-hydrogen) atoms. The number of aromatic nitrogens is 2. The van der Waals surface area contributed by atoms with Crippen molar-refractivity contribution in [2.24, 2.45) is 5.92 Å². The Morgan fingerprint density at radius 1 is 1.23 bits per heavy atom. The van der Waals surface area contributed by atoms with E-state index < -0.39 is 5.97 Å². The van der Waals surface area contributed by atoms with E-state index in [2.05, 4.69) is 36.6 Å². The molecule has 1 fully saturated rings. The van der Waals surface area contributed by atoms with Crippen molar-refractivity contribution in [2.45, 2.75) is 52.1 Å². The summed E-state index contributed by atoms with van der Waals surface area (Å²) in [6.07, 6.45) is 5.10. The molecule has 1 aromatic carbocycles. The normalized spacial score (nSPS) is 15.5. The Hall–Kier alpha value is -3.39. The van der Waals surface area contributed by atoms with Crippen LogP contribution < -0.4 is 10.6 Å². The molecule has 0 unspecified atom stereocenters. The van der Waals surface area contributed by atoms with E-state index in [1.807, 2.05) is 28.8 Å². The van der Waals surface area contributed by atoms with Gasteiger partial charge in [-0.25, -0.2) is 9.78 Å². The highest BCUT2D eigenvalue weighted by molar-refractivity contribution is 6.11. The van der Waals surface area contributed by atoms with Crippen molar-refractivity contribution in [3.05, 3.63) is 53.9 Å². The maximum atomic E-state index is 13.1. The predicted molar refractivity (Wildman–Crippen MR) is 137 cm³/mol. The molecule has 1 aliphatic rings. The molecule has 3 aromatic rings. The van der Waals surface area contributed by atoms with Crippen LogP contribution in [0.15, 0.2) is 42.6 Å². The number of hydrogen-bond acceptors (Lipinski definition) is 6. The largest absolute Gasteiger partial charge is 0.464 e. The predicted octanol–water partition coefficient (Wildman–Crippen LogP) is 4.64. The van der Waals surface area contributed by atoms with E-state index >= 15 is 0 Å². The minimum atomic E-state index is -0.511. The van der Waals surface area contributed by atoms with Gasteiger partial charge >= 0.3 is 5.97 Å². The Kier molecular flexibility index (Phi) is 8.02. The Labute approximate surface area is 206 Å². The number of aryl methyl sites for hydroxylation is 2. The molecule has 0 aliphatic carbocycles. The number of carbonyl (C=O) groups excluding carboxylic acids is 2. The first-order valence-corrected chi connectivity index (χ1v) is 12.3. The quantitative estimate of drug-likeness (QED) is 0.412. The van der Waals surface area contributed by atoms with Crippen LogP contribution in [-0.4, -0.2) is 47.8 Å². The lowest BCUT2D eigenvalue weighted by molar-refractivity contribution is -0.119.